The molecule has 120 valence electrons. The zero-order valence-corrected chi connectivity index (χ0v) is 14.6. The Bertz CT molecular complexity index is 249. The third-order valence-corrected chi connectivity index (χ3v) is 2.79. The molecule has 1 aliphatic heterocycles. The van der Waals surface area contributed by atoms with Crippen molar-refractivity contribution in [2.75, 3.05) is 46.1 Å². The first-order valence-electron chi connectivity index (χ1n) is 7.19. The lowest BCUT2D eigenvalue weighted by Crippen LogP contribution is -2.38. The van der Waals surface area contributed by atoms with Crippen LogP contribution < -0.4 is 10.6 Å². The Morgan fingerprint density at radius 3 is 2.95 bits per heavy atom. The minimum absolute atomic E-state index is 0. The van der Waals surface area contributed by atoms with Crippen LogP contribution >= 0.6 is 24.0 Å². The molecular weight excluding hydrogens is 373 g/mol. The van der Waals surface area contributed by atoms with Crippen LogP contribution in [-0.2, 0) is 9.47 Å². The molecular formula is C13H28IN3O3. The minimum Gasteiger partial charge on any atom is -0.395 e. The predicted octanol–water partition coefficient (Wildman–Crippen LogP) is 0.737. The van der Waals surface area contributed by atoms with E-state index in [-0.39, 0.29) is 30.6 Å². The lowest BCUT2D eigenvalue weighted by Gasteiger charge is -2.11. The number of nitrogens with zero attached hydrogens (tertiary/aromatic N) is 1. The van der Waals surface area contributed by atoms with Gasteiger partial charge in [0.25, 0.3) is 0 Å². The molecule has 0 spiro atoms. The first-order valence-corrected chi connectivity index (χ1v) is 7.19. The van der Waals surface area contributed by atoms with Crippen LogP contribution in [0.15, 0.2) is 4.99 Å². The summed E-state index contributed by atoms with van der Waals surface area (Å²) in [6, 6.07) is 0. The van der Waals surface area contributed by atoms with Crippen LogP contribution in [0, 0.1) is 0 Å². The second-order valence-corrected chi connectivity index (χ2v) is 4.47. The summed E-state index contributed by atoms with van der Waals surface area (Å²) in [5.41, 5.74) is 0. The van der Waals surface area contributed by atoms with Gasteiger partial charge in [-0.15, -0.1) is 24.0 Å². The molecule has 1 fully saturated rings. The molecule has 1 atom stereocenters. The Morgan fingerprint density at radius 1 is 1.45 bits per heavy atom. The number of halogens is 1. The van der Waals surface area contributed by atoms with Crippen molar-refractivity contribution in [1.29, 1.82) is 0 Å². The second kappa shape index (κ2) is 13.8. The van der Waals surface area contributed by atoms with Crippen LogP contribution in [0.1, 0.15) is 26.2 Å². The standard InChI is InChI=1S/C13H27N3O3.HI/c1-2-14-13(16-7-8-17)15-6-4-9-18-11-12-5-3-10-19-12;/h12,17H,2-11H2,1H3,(H2,14,15,16);1H. The first-order chi connectivity index (χ1) is 9.36. The van der Waals surface area contributed by atoms with E-state index in [1.165, 1.54) is 0 Å². The van der Waals surface area contributed by atoms with E-state index in [1.807, 2.05) is 6.92 Å². The summed E-state index contributed by atoms with van der Waals surface area (Å²) in [7, 11) is 0. The van der Waals surface area contributed by atoms with Gasteiger partial charge >= 0.3 is 0 Å². The van der Waals surface area contributed by atoms with Crippen molar-refractivity contribution in [1.82, 2.24) is 10.6 Å². The number of nitrogens with one attached hydrogen (secondary N) is 2. The van der Waals surface area contributed by atoms with E-state index >= 15 is 0 Å². The number of guanidine groups is 1. The number of aliphatic hydroxyl groups is 1. The third kappa shape index (κ3) is 9.73. The summed E-state index contributed by atoms with van der Waals surface area (Å²) >= 11 is 0. The van der Waals surface area contributed by atoms with Gasteiger partial charge < -0.3 is 25.2 Å². The SMILES string of the molecule is CCNC(=NCCCOCC1CCCO1)NCCO.I. The highest BCUT2D eigenvalue weighted by atomic mass is 127. The van der Waals surface area contributed by atoms with Gasteiger partial charge in [0, 0.05) is 32.8 Å². The highest BCUT2D eigenvalue weighted by Crippen LogP contribution is 2.11. The van der Waals surface area contributed by atoms with E-state index < -0.39 is 0 Å². The maximum Gasteiger partial charge on any atom is 0.191 e. The van der Waals surface area contributed by atoms with Gasteiger partial charge in [-0.05, 0) is 26.2 Å². The van der Waals surface area contributed by atoms with E-state index in [1.54, 1.807) is 0 Å². The highest BCUT2D eigenvalue weighted by Gasteiger charge is 2.14. The summed E-state index contributed by atoms with van der Waals surface area (Å²) in [6.07, 6.45) is 3.46. The van der Waals surface area contributed by atoms with Crippen molar-refractivity contribution < 1.29 is 14.6 Å². The molecule has 0 aromatic carbocycles. The topological polar surface area (TPSA) is 75.1 Å². The predicted molar refractivity (Wildman–Crippen MR) is 90.9 cm³/mol. The molecule has 1 saturated heterocycles. The van der Waals surface area contributed by atoms with Crippen molar-refractivity contribution in [2.45, 2.75) is 32.3 Å². The number of aliphatic imine (C=N–C) groups is 1. The first kappa shape index (κ1) is 19.9. The number of hydrogen-bond donors (Lipinski definition) is 3. The van der Waals surface area contributed by atoms with E-state index in [2.05, 4.69) is 15.6 Å². The fraction of sp³-hybridized carbons (Fsp3) is 0.923. The quantitative estimate of drug-likeness (QED) is 0.230. The normalized spacial score (nSPS) is 18.7. The summed E-state index contributed by atoms with van der Waals surface area (Å²) in [4.78, 5) is 4.39. The molecule has 1 rings (SSSR count). The molecule has 0 aliphatic carbocycles. The molecule has 0 radical (unpaired) electrons. The maximum absolute atomic E-state index is 8.75. The van der Waals surface area contributed by atoms with Crippen LogP contribution in [0.2, 0.25) is 0 Å². The summed E-state index contributed by atoms with van der Waals surface area (Å²) in [5, 5.41) is 14.9. The molecule has 7 heteroatoms. The number of hydrogen-bond acceptors (Lipinski definition) is 4. The fourth-order valence-electron chi connectivity index (χ4n) is 1.86. The maximum atomic E-state index is 8.75. The second-order valence-electron chi connectivity index (χ2n) is 4.47. The molecule has 0 bridgehead atoms. The van der Waals surface area contributed by atoms with Gasteiger partial charge in [0.1, 0.15) is 0 Å². The van der Waals surface area contributed by atoms with Gasteiger partial charge in [-0.1, -0.05) is 0 Å². The molecule has 0 aromatic rings. The van der Waals surface area contributed by atoms with Gasteiger partial charge in [0.05, 0.1) is 19.3 Å². The third-order valence-electron chi connectivity index (χ3n) is 2.79. The highest BCUT2D eigenvalue weighted by molar-refractivity contribution is 14.0. The van der Waals surface area contributed by atoms with Crippen LogP contribution in [0.25, 0.3) is 0 Å². The largest absolute Gasteiger partial charge is 0.395 e. The molecule has 6 nitrogen and oxygen atoms in total. The molecule has 20 heavy (non-hydrogen) atoms. The lowest BCUT2D eigenvalue weighted by molar-refractivity contribution is 0.0171. The Hall–Kier alpha value is -0.120. The summed E-state index contributed by atoms with van der Waals surface area (Å²) in [5.74, 6) is 0.746. The number of ether oxygens (including phenoxy) is 2. The van der Waals surface area contributed by atoms with Crippen molar-refractivity contribution in [3.05, 3.63) is 0 Å². The van der Waals surface area contributed by atoms with Crippen LogP contribution in [0.5, 0.6) is 0 Å². The van der Waals surface area contributed by atoms with Gasteiger partial charge in [0.15, 0.2) is 5.96 Å². The van der Waals surface area contributed by atoms with E-state index in [4.69, 9.17) is 14.6 Å². The number of aliphatic hydroxyl groups excluding tert-OH is 1. The lowest BCUT2D eigenvalue weighted by atomic mass is 10.2. The van der Waals surface area contributed by atoms with Crippen LogP contribution in [0.4, 0.5) is 0 Å². The molecule has 3 N–H and O–H groups in total. The fourth-order valence-corrected chi connectivity index (χ4v) is 1.86. The zero-order chi connectivity index (χ0) is 13.8. The van der Waals surface area contributed by atoms with Crippen molar-refractivity contribution in [3.63, 3.8) is 0 Å². The molecule has 0 saturated carbocycles. The monoisotopic (exact) mass is 401 g/mol. The summed E-state index contributed by atoms with van der Waals surface area (Å²) in [6.45, 7) is 6.45. The smallest absolute Gasteiger partial charge is 0.191 e. The van der Waals surface area contributed by atoms with Gasteiger partial charge in [-0.2, -0.15) is 0 Å². The Labute approximate surface area is 138 Å². The van der Waals surface area contributed by atoms with E-state index in [9.17, 15) is 0 Å². The summed E-state index contributed by atoms with van der Waals surface area (Å²) < 4.78 is 11.0. The van der Waals surface area contributed by atoms with Gasteiger partial charge in [0.2, 0.25) is 0 Å². The van der Waals surface area contributed by atoms with Crippen molar-refractivity contribution in [2.24, 2.45) is 4.99 Å². The van der Waals surface area contributed by atoms with E-state index in [0.29, 0.717) is 32.4 Å². The Morgan fingerprint density at radius 2 is 2.30 bits per heavy atom. The van der Waals surface area contributed by atoms with Crippen molar-refractivity contribution >= 4 is 29.9 Å². The average molecular weight is 401 g/mol. The molecule has 0 amide bonds. The van der Waals surface area contributed by atoms with Crippen molar-refractivity contribution in [3.8, 4) is 0 Å². The average Bonchev–Trinajstić information content (AvgIpc) is 2.93. The minimum atomic E-state index is 0. The Balaban J connectivity index is 0.00000361. The van der Waals surface area contributed by atoms with Gasteiger partial charge in [-0.25, -0.2) is 0 Å². The van der Waals surface area contributed by atoms with Crippen LogP contribution in [-0.4, -0.2) is 63.2 Å². The zero-order valence-electron chi connectivity index (χ0n) is 12.3. The Kier molecular flexibility index (Phi) is 13.8. The van der Waals surface area contributed by atoms with Crippen LogP contribution in [0.3, 0.4) is 0 Å². The number of rotatable bonds is 9. The van der Waals surface area contributed by atoms with E-state index in [0.717, 1.165) is 38.4 Å². The van der Waals surface area contributed by atoms with Gasteiger partial charge in [-0.3, -0.25) is 4.99 Å². The molecule has 0 aromatic heterocycles. The molecule has 1 heterocycles. The molecule has 1 aliphatic rings. The molecule has 1 unspecified atom stereocenters.